The Hall–Kier alpha value is -1.46. The van der Waals surface area contributed by atoms with Crippen LogP contribution >= 0.6 is 0 Å². The van der Waals surface area contributed by atoms with Crippen molar-refractivity contribution in [3.63, 3.8) is 0 Å². The number of hydrogen-bond donors (Lipinski definition) is 0. The van der Waals surface area contributed by atoms with Gasteiger partial charge in [0.2, 0.25) is 0 Å². The molecule has 1 heterocycles. The fourth-order valence-corrected chi connectivity index (χ4v) is 2.27. The number of carbonyl (C=O) groups excluding carboxylic acids is 1. The molecular weight excluding hydrogens is 259 g/mol. The topological polar surface area (TPSA) is 32.8 Å². The van der Waals surface area contributed by atoms with Crippen molar-refractivity contribution in [2.75, 3.05) is 39.8 Å². The van der Waals surface area contributed by atoms with Gasteiger partial charge in [0.25, 0.3) is 0 Å². The van der Waals surface area contributed by atoms with Gasteiger partial charge in [-0.1, -0.05) is 0 Å². The molecule has 0 radical (unpaired) electrons. The number of esters is 1. The van der Waals surface area contributed by atoms with Gasteiger partial charge in [-0.3, -0.25) is 4.90 Å². The molecule has 1 atom stereocenters. The molecule has 4 nitrogen and oxygen atoms in total. The van der Waals surface area contributed by atoms with Gasteiger partial charge in [0.05, 0.1) is 5.56 Å². The molecule has 0 spiro atoms. The lowest BCUT2D eigenvalue weighted by Crippen LogP contribution is -2.47. The molecule has 0 N–H and O–H groups in total. The summed E-state index contributed by atoms with van der Waals surface area (Å²) in [7, 11) is 2.11. The van der Waals surface area contributed by atoms with Crippen LogP contribution in [0.4, 0.5) is 4.39 Å². The number of carbonyl (C=O) groups is 1. The summed E-state index contributed by atoms with van der Waals surface area (Å²) < 4.78 is 18.2. The quantitative estimate of drug-likeness (QED) is 0.785. The average Bonchev–Trinajstić information content (AvgIpc) is 2.42. The van der Waals surface area contributed by atoms with E-state index in [2.05, 4.69) is 16.8 Å². The van der Waals surface area contributed by atoms with E-state index in [0.717, 1.165) is 32.7 Å². The van der Waals surface area contributed by atoms with Crippen LogP contribution in [0.5, 0.6) is 0 Å². The van der Waals surface area contributed by atoms with Crippen molar-refractivity contribution in [2.24, 2.45) is 0 Å². The second-order valence-electron chi connectivity index (χ2n) is 5.33. The number of hydrogen-bond acceptors (Lipinski definition) is 4. The molecule has 1 saturated heterocycles. The number of rotatable bonds is 4. The third kappa shape index (κ3) is 4.28. The summed E-state index contributed by atoms with van der Waals surface area (Å²) in [6.07, 6.45) is -0.170. The van der Waals surface area contributed by atoms with Gasteiger partial charge < -0.3 is 9.64 Å². The van der Waals surface area contributed by atoms with Gasteiger partial charge in [-0.15, -0.1) is 0 Å². The van der Waals surface area contributed by atoms with E-state index in [-0.39, 0.29) is 11.9 Å². The molecule has 1 aromatic carbocycles. The van der Waals surface area contributed by atoms with Crippen LogP contribution in [0.2, 0.25) is 0 Å². The predicted octanol–water partition coefficient (Wildman–Crippen LogP) is 1.62. The monoisotopic (exact) mass is 280 g/mol. The van der Waals surface area contributed by atoms with Crippen molar-refractivity contribution >= 4 is 5.97 Å². The standard InChI is InChI=1S/C15H21FN2O2/c1-12(11-18-9-7-17(2)8-10-18)20-15(19)13-3-5-14(16)6-4-13/h3-6,12H,7-11H2,1-2H3/t12-/m1/s1. The van der Waals surface area contributed by atoms with E-state index in [1.165, 1.54) is 24.3 Å². The van der Waals surface area contributed by atoms with Gasteiger partial charge in [-0.2, -0.15) is 0 Å². The Morgan fingerprint density at radius 3 is 2.45 bits per heavy atom. The van der Waals surface area contributed by atoms with Gasteiger partial charge in [0.15, 0.2) is 0 Å². The summed E-state index contributed by atoms with van der Waals surface area (Å²) in [6, 6.07) is 5.42. The second-order valence-corrected chi connectivity index (χ2v) is 5.33. The maximum atomic E-state index is 12.8. The fourth-order valence-electron chi connectivity index (χ4n) is 2.27. The molecule has 110 valence electrons. The van der Waals surface area contributed by atoms with Crippen molar-refractivity contribution in [1.29, 1.82) is 0 Å². The summed E-state index contributed by atoms with van der Waals surface area (Å²) in [4.78, 5) is 16.5. The summed E-state index contributed by atoms with van der Waals surface area (Å²) >= 11 is 0. The lowest BCUT2D eigenvalue weighted by atomic mass is 10.2. The zero-order valence-electron chi connectivity index (χ0n) is 12.0. The second kappa shape index (κ2) is 6.81. The van der Waals surface area contributed by atoms with Crippen LogP contribution in [-0.4, -0.2) is 61.6 Å². The molecule has 1 fully saturated rings. The first-order valence-corrected chi connectivity index (χ1v) is 6.92. The summed E-state index contributed by atoms with van der Waals surface area (Å²) in [5.74, 6) is -0.751. The van der Waals surface area contributed by atoms with Crippen molar-refractivity contribution in [3.8, 4) is 0 Å². The highest BCUT2D eigenvalue weighted by Gasteiger charge is 2.18. The van der Waals surface area contributed by atoms with E-state index in [1.54, 1.807) is 0 Å². The first kappa shape index (κ1) is 14.9. The van der Waals surface area contributed by atoms with Gasteiger partial charge in [-0.05, 0) is 38.2 Å². The highest BCUT2D eigenvalue weighted by Crippen LogP contribution is 2.08. The van der Waals surface area contributed by atoms with Crippen LogP contribution in [-0.2, 0) is 4.74 Å². The largest absolute Gasteiger partial charge is 0.458 e. The molecule has 1 aliphatic heterocycles. The Morgan fingerprint density at radius 1 is 1.25 bits per heavy atom. The average molecular weight is 280 g/mol. The lowest BCUT2D eigenvalue weighted by Gasteiger charge is -2.33. The Balaban J connectivity index is 1.80. The summed E-state index contributed by atoms with van der Waals surface area (Å²) in [5, 5.41) is 0. The van der Waals surface area contributed by atoms with E-state index in [1.807, 2.05) is 6.92 Å². The minimum Gasteiger partial charge on any atom is -0.458 e. The fraction of sp³-hybridized carbons (Fsp3) is 0.533. The minimum absolute atomic E-state index is 0.170. The first-order valence-electron chi connectivity index (χ1n) is 6.92. The Bertz CT molecular complexity index is 442. The van der Waals surface area contributed by atoms with Crippen LogP contribution < -0.4 is 0 Å². The van der Waals surface area contributed by atoms with Crippen LogP contribution in [0.25, 0.3) is 0 Å². The third-order valence-corrected chi connectivity index (χ3v) is 3.50. The van der Waals surface area contributed by atoms with Gasteiger partial charge >= 0.3 is 5.97 Å². The molecule has 2 rings (SSSR count). The zero-order chi connectivity index (χ0) is 14.5. The first-order chi connectivity index (χ1) is 9.54. The minimum atomic E-state index is -0.397. The molecule has 0 amide bonds. The van der Waals surface area contributed by atoms with Crippen molar-refractivity contribution in [3.05, 3.63) is 35.6 Å². The van der Waals surface area contributed by atoms with E-state index in [9.17, 15) is 9.18 Å². The van der Waals surface area contributed by atoms with Crippen LogP contribution in [0.1, 0.15) is 17.3 Å². The van der Waals surface area contributed by atoms with Crippen molar-refractivity contribution < 1.29 is 13.9 Å². The molecule has 0 aromatic heterocycles. The number of benzene rings is 1. The van der Waals surface area contributed by atoms with Gasteiger partial charge in [0, 0.05) is 32.7 Å². The summed E-state index contributed by atoms with van der Waals surface area (Å²) in [5.41, 5.74) is 0.386. The molecule has 0 unspecified atom stereocenters. The number of nitrogens with zero attached hydrogens (tertiary/aromatic N) is 2. The smallest absolute Gasteiger partial charge is 0.338 e. The van der Waals surface area contributed by atoms with Gasteiger partial charge in [-0.25, -0.2) is 9.18 Å². The molecule has 1 aliphatic rings. The molecular formula is C15H21FN2O2. The van der Waals surface area contributed by atoms with Gasteiger partial charge in [0.1, 0.15) is 11.9 Å². The number of ether oxygens (including phenoxy) is 1. The van der Waals surface area contributed by atoms with E-state index in [4.69, 9.17) is 4.74 Å². The molecule has 20 heavy (non-hydrogen) atoms. The molecule has 0 saturated carbocycles. The van der Waals surface area contributed by atoms with Crippen molar-refractivity contribution in [1.82, 2.24) is 9.80 Å². The lowest BCUT2D eigenvalue weighted by molar-refractivity contribution is 0.0207. The van der Waals surface area contributed by atoms with E-state index >= 15 is 0 Å². The zero-order valence-corrected chi connectivity index (χ0v) is 12.0. The van der Waals surface area contributed by atoms with E-state index < -0.39 is 5.97 Å². The Kier molecular flexibility index (Phi) is 5.09. The number of piperazine rings is 1. The molecule has 0 bridgehead atoms. The van der Waals surface area contributed by atoms with Crippen LogP contribution in [0.3, 0.4) is 0 Å². The maximum absolute atomic E-state index is 12.8. The summed E-state index contributed by atoms with van der Waals surface area (Å²) in [6.45, 7) is 6.70. The Labute approximate surface area is 119 Å². The normalized spacial score (nSPS) is 18.8. The van der Waals surface area contributed by atoms with Crippen LogP contribution in [0.15, 0.2) is 24.3 Å². The number of halogens is 1. The molecule has 0 aliphatic carbocycles. The number of likely N-dealkylation sites (N-methyl/N-ethyl adjacent to an activating group) is 1. The molecule has 5 heteroatoms. The highest BCUT2D eigenvalue weighted by atomic mass is 19.1. The third-order valence-electron chi connectivity index (χ3n) is 3.50. The molecule has 1 aromatic rings. The SMILES string of the molecule is C[C@H](CN1CCN(C)CC1)OC(=O)c1ccc(F)cc1. The highest BCUT2D eigenvalue weighted by molar-refractivity contribution is 5.89. The predicted molar refractivity (Wildman–Crippen MR) is 75.2 cm³/mol. The van der Waals surface area contributed by atoms with E-state index in [0.29, 0.717) is 5.56 Å². The van der Waals surface area contributed by atoms with Crippen LogP contribution in [0, 0.1) is 5.82 Å². The van der Waals surface area contributed by atoms with Crippen molar-refractivity contribution in [2.45, 2.75) is 13.0 Å². The Morgan fingerprint density at radius 2 is 1.85 bits per heavy atom. The maximum Gasteiger partial charge on any atom is 0.338 e.